The number of benzene rings is 1. The highest BCUT2D eigenvalue weighted by Gasteiger charge is 2.25. The quantitative estimate of drug-likeness (QED) is 0.428. The number of carbonyl (C=O) groups excluding carboxylic acids is 1. The molecule has 1 amide bonds. The summed E-state index contributed by atoms with van der Waals surface area (Å²) in [6, 6.07) is 14.8. The van der Waals surface area contributed by atoms with Crippen LogP contribution in [-0.2, 0) is 13.6 Å². The Bertz CT molecular complexity index is 1230. The number of hydrogen-bond donors (Lipinski definition) is 0. The van der Waals surface area contributed by atoms with Gasteiger partial charge in [-0.3, -0.25) is 14.5 Å². The van der Waals surface area contributed by atoms with E-state index < -0.39 is 0 Å². The zero-order chi connectivity index (χ0) is 22.1. The number of fused-ring (bicyclic) bond motifs is 1. The Hall–Kier alpha value is -3.25. The molecule has 6 nitrogen and oxygen atoms in total. The highest BCUT2D eigenvalue weighted by molar-refractivity contribution is 6.30. The van der Waals surface area contributed by atoms with Crippen molar-refractivity contribution in [2.75, 3.05) is 4.90 Å². The number of nitrogens with zero attached hydrogens (tertiary/aromatic N) is 5. The second-order valence-corrected chi connectivity index (χ2v) is 8.28. The number of pyridine rings is 2. The topological polar surface area (TPSA) is 63.9 Å². The van der Waals surface area contributed by atoms with Gasteiger partial charge in [0.1, 0.15) is 0 Å². The first-order valence-corrected chi connectivity index (χ1v) is 10.5. The van der Waals surface area contributed by atoms with Gasteiger partial charge in [-0.05, 0) is 55.3 Å². The minimum absolute atomic E-state index is 0.127. The fraction of sp³-hybridized carbons (Fsp3) is 0.250. The van der Waals surface area contributed by atoms with E-state index in [0.717, 1.165) is 28.2 Å². The Balaban J connectivity index is 1.88. The van der Waals surface area contributed by atoms with Gasteiger partial charge in [0.2, 0.25) is 0 Å². The third-order valence-corrected chi connectivity index (χ3v) is 5.49. The number of amides is 1. The highest BCUT2D eigenvalue weighted by Crippen LogP contribution is 2.29. The second kappa shape index (κ2) is 8.47. The second-order valence-electron chi connectivity index (χ2n) is 7.85. The van der Waals surface area contributed by atoms with E-state index in [2.05, 4.69) is 23.9 Å². The number of aryl methyl sites for hydroxylation is 2. The average Bonchev–Trinajstić information content (AvgIpc) is 3.06. The van der Waals surface area contributed by atoms with Gasteiger partial charge in [0.05, 0.1) is 28.9 Å². The van der Waals surface area contributed by atoms with Crippen LogP contribution in [0.3, 0.4) is 0 Å². The standard InChI is InChI=1S/C24H24ClN5O/c1-15(2)21-13-20(22-16(3)28-29(4)23(22)27-21)24(31)30(14-18-7-5-6-12-26-18)19-10-8-17(25)9-11-19/h5-13,15H,14H2,1-4H3. The zero-order valence-electron chi connectivity index (χ0n) is 18.0. The number of rotatable bonds is 5. The first kappa shape index (κ1) is 21.0. The molecule has 7 heteroatoms. The Labute approximate surface area is 186 Å². The number of carbonyl (C=O) groups is 1. The summed E-state index contributed by atoms with van der Waals surface area (Å²) in [7, 11) is 1.85. The molecule has 158 valence electrons. The van der Waals surface area contributed by atoms with Crippen molar-refractivity contribution in [1.82, 2.24) is 19.7 Å². The predicted molar refractivity (Wildman–Crippen MR) is 124 cm³/mol. The van der Waals surface area contributed by atoms with Crippen molar-refractivity contribution in [3.05, 3.63) is 82.4 Å². The summed E-state index contributed by atoms with van der Waals surface area (Å²) in [5.41, 5.74) is 4.47. The third-order valence-electron chi connectivity index (χ3n) is 5.24. The lowest BCUT2D eigenvalue weighted by atomic mass is 10.0. The van der Waals surface area contributed by atoms with Crippen LogP contribution in [0.1, 0.15) is 47.2 Å². The fourth-order valence-electron chi connectivity index (χ4n) is 3.63. The molecule has 31 heavy (non-hydrogen) atoms. The molecule has 4 rings (SSSR count). The van der Waals surface area contributed by atoms with E-state index in [0.29, 0.717) is 22.8 Å². The summed E-state index contributed by atoms with van der Waals surface area (Å²) in [5, 5.41) is 5.91. The fourth-order valence-corrected chi connectivity index (χ4v) is 3.76. The van der Waals surface area contributed by atoms with Crippen LogP contribution in [0.5, 0.6) is 0 Å². The number of aromatic nitrogens is 4. The SMILES string of the molecule is Cc1nn(C)c2nc(C(C)C)cc(C(=O)N(Cc3ccccn3)c3ccc(Cl)cc3)c12. The maximum Gasteiger partial charge on any atom is 0.259 e. The largest absolute Gasteiger partial charge is 0.302 e. The molecule has 0 unspecified atom stereocenters. The van der Waals surface area contributed by atoms with E-state index in [1.165, 1.54) is 0 Å². The summed E-state index contributed by atoms with van der Waals surface area (Å²) < 4.78 is 1.73. The first-order chi connectivity index (χ1) is 14.8. The molecule has 0 fully saturated rings. The summed E-state index contributed by atoms with van der Waals surface area (Å²) in [6.07, 6.45) is 1.73. The van der Waals surface area contributed by atoms with Crippen LogP contribution >= 0.6 is 11.6 Å². The third kappa shape index (κ3) is 4.16. The minimum Gasteiger partial charge on any atom is -0.302 e. The predicted octanol–water partition coefficient (Wildman–Crippen LogP) is 5.30. The summed E-state index contributed by atoms with van der Waals surface area (Å²) >= 11 is 6.10. The molecule has 0 bridgehead atoms. The maximum absolute atomic E-state index is 14.0. The molecule has 4 aromatic rings. The summed E-state index contributed by atoms with van der Waals surface area (Å²) in [6.45, 7) is 6.37. The van der Waals surface area contributed by atoms with Gasteiger partial charge >= 0.3 is 0 Å². The Kier molecular flexibility index (Phi) is 5.74. The van der Waals surface area contributed by atoms with Crippen LogP contribution in [0, 0.1) is 6.92 Å². The molecule has 0 N–H and O–H groups in total. The van der Waals surface area contributed by atoms with E-state index in [9.17, 15) is 4.79 Å². The molecule has 0 atom stereocenters. The van der Waals surface area contributed by atoms with E-state index in [-0.39, 0.29) is 11.8 Å². The Morgan fingerprint density at radius 3 is 2.55 bits per heavy atom. The molecule has 1 aromatic carbocycles. The molecule has 3 heterocycles. The lowest BCUT2D eigenvalue weighted by Gasteiger charge is -2.24. The lowest BCUT2D eigenvalue weighted by Crippen LogP contribution is -2.31. The van der Waals surface area contributed by atoms with Gasteiger partial charge in [-0.2, -0.15) is 5.10 Å². The number of anilines is 1. The Morgan fingerprint density at radius 2 is 1.90 bits per heavy atom. The van der Waals surface area contributed by atoms with E-state index in [4.69, 9.17) is 16.6 Å². The number of halogens is 1. The monoisotopic (exact) mass is 433 g/mol. The van der Waals surface area contributed by atoms with E-state index in [1.54, 1.807) is 27.9 Å². The maximum atomic E-state index is 14.0. The summed E-state index contributed by atoms with van der Waals surface area (Å²) in [5.74, 6) is 0.0457. The zero-order valence-corrected chi connectivity index (χ0v) is 18.8. The molecule has 0 aliphatic heterocycles. The van der Waals surface area contributed by atoms with Gasteiger partial charge in [0.15, 0.2) is 5.65 Å². The average molecular weight is 434 g/mol. The Morgan fingerprint density at radius 1 is 1.16 bits per heavy atom. The van der Waals surface area contributed by atoms with Crippen LogP contribution in [0.2, 0.25) is 5.02 Å². The van der Waals surface area contributed by atoms with Crippen LogP contribution in [0.4, 0.5) is 5.69 Å². The van der Waals surface area contributed by atoms with Crippen LogP contribution in [0.15, 0.2) is 54.7 Å². The molecular formula is C24H24ClN5O. The van der Waals surface area contributed by atoms with Crippen molar-refractivity contribution in [3.63, 3.8) is 0 Å². The lowest BCUT2D eigenvalue weighted by molar-refractivity contribution is 0.0986. The van der Waals surface area contributed by atoms with Crippen LogP contribution in [0.25, 0.3) is 11.0 Å². The van der Waals surface area contributed by atoms with Crippen molar-refractivity contribution in [2.24, 2.45) is 7.05 Å². The van der Waals surface area contributed by atoms with E-state index >= 15 is 0 Å². The van der Waals surface area contributed by atoms with Gasteiger partial charge in [0.25, 0.3) is 5.91 Å². The van der Waals surface area contributed by atoms with Crippen molar-refractivity contribution in [1.29, 1.82) is 0 Å². The first-order valence-electron chi connectivity index (χ1n) is 10.2. The van der Waals surface area contributed by atoms with Crippen LogP contribution < -0.4 is 4.90 Å². The van der Waals surface area contributed by atoms with Crippen LogP contribution in [-0.4, -0.2) is 25.7 Å². The van der Waals surface area contributed by atoms with Gasteiger partial charge in [-0.15, -0.1) is 0 Å². The molecule has 0 aliphatic carbocycles. The normalized spacial score (nSPS) is 11.3. The molecule has 0 saturated carbocycles. The van der Waals surface area contributed by atoms with Crippen molar-refractivity contribution >= 4 is 34.2 Å². The van der Waals surface area contributed by atoms with Crippen molar-refractivity contribution in [2.45, 2.75) is 33.2 Å². The number of hydrogen-bond acceptors (Lipinski definition) is 4. The van der Waals surface area contributed by atoms with Gasteiger partial charge in [-0.1, -0.05) is 31.5 Å². The summed E-state index contributed by atoms with van der Waals surface area (Å²) in [4.78, 5) is 24.9. The minimum atomic E-state index is -0.127. The van der Waals surface area contributed by atoms with Gasteiger partial charge < -0.3 is 4.90 Å². The molecule has 3 aromatic heterocycles. The van der Waals surface area contributed by atoms with Crippen molar-refractivity contribution < 1.29 is 4.79 Å². The smallest absolute Gasteiger partial charge is 0.259 e. The van der Waals surface area contributed by atoms with Gasteiger partial charge in [-0.25, -0.2) is 4.98 Å². The molecule has 0 aliphatic rings. The molecule has 0 spiro atoms. The van der Waals surface area contributed by atoms with Crippen molar-refractivity contribution in [3.8, 4) is 0 Å². The molecular weight excluding hydrogens is 410 g/mol. The molecule has 0 radical (unpaired) electrons. The molecule has 0 saturated heterocycles. The van der Waals surface area contributed by atoms with Gasteiger partial charge in [0, 0.05) is 29.6 Å². The van der Waals surface area contributed by atoms with E-state index in [1.807, 2.05) is 50.4 Å². The highest BCUT2D eigenvalue weighted by atomic mass is 35.5.